The molecule has 7 heteroatoms. The molecule has 0 fully saturated rings. The molecule has 3 aromatic rings. The van der Waals surface area contributed by atoms with E-state index in [1.165, 1.54) is 0 Å². The third-order valence-corrected chi connectivity index (χ3v) is 6.85. The Morgan fingerprint density at radius 3 is 2.30 bits per heavy atom. The molecule has 7 nitrogen and oxygen atoms in total. The number of amides is 1. The molecule has 1 aromatic heterocycles. The SMILES string of the molecule is CCN(CC)CCN(C=O)c1ccc2c3c(nn2CCN(CC)CC)-c2ccccc2Nc13. The number of aromatic nitrogens is 2. The number of benzene rings is 2. The number of rotatable bonds is 12. The molecule has 4 rings (SSSR count). The molecule has 0 bridgehead atoms. The number of nitrogens with zero attached hydrogens (tertiary/aromatic N) is 5. The van der Waals surface area contributed by atoms with Crippen molar-refractivity contribution in [1.29, 1.82) is 0 Å². The van der Waals surface area contributed by atoms with Crippen LogP contribution in [0.4, 0.5) is 17.1 Å². The van der Waals surface area contributed by atoms with Crippen LogP contribution in [-0.4, -0.2) is 71.8 Å². The van der Waals surface area contributed by atoms with E-state index in [4.69, 9.17) is 5.10 Å². The third-order valence-electron chi connectivity index (χ3n) is 6.85. The summed E-state index contributed by atoms with van der Waals surface area (Å²) >= 11 is 0. The Balaban J connectivity index is 1.77. The summed E-state index contributed by atoms with van der Waals surface area (Å²) in [5.74, 6) is 0. The number of hydrogen-bond acceptors (Lipinski definition) is 5. The molecule has 1 N–H and O–H groups in total. The summed E-state index contributed by atoms with van der Waals surface area (Å²) in [5.41, 5.74) is 6.11. The number of para-hydroxylation sites is 1. The molecule has 1 aliphatic rings. The second-order valence-electron chi connectivity index (χ2n) is 8.45. The molecule has 0 unspecified atom stereocenters. The van der Waals surface area contributed by atoms with Crippen LogP contribution in [0.1, 0.15) is 27.7 Å². The minimum absolute atomic E-state index is 0.651. The van der Waals surface area contributed by atoms with Gasteiger partial charge in [-0.1, -0.05) is 45.9 Å². The van der Waals surface area contributed by atoms with E-state index in [0.29, 0.717) is 6.54 Å². The Morgan fingerprint density at radius 1 is 0.909 bits per heavy atom. The van der Waals surface area contributed by atoms with Gasteiger partial charge in [0, 0.05) is 30.9 Å². The van der Waals surface area contributed by atoms with E-state index < -0.39 is 0 Å². The Morgan fingerprint density at radius 2 is 1.61 bits per heavy atom. The van der Waals surface area contributed by atoms with Crippen molar-refractivity contribution in [1.82, 2.24) is 19.6 Å². The lowest BCUT2D eigenvalue weighted by Crippen LogP contribution is -2.34. The van der Waals surface area contributed by atoms with Crippen molar-refractivity contribution < 1.29 is 4.79 Å². The molecular weight excluding hydrogens is 412 g/mol. The standard InChI is InChI=1S/C26H36N6O/c1-5-29(6-2)15-17-31(19-33)23-14-13-22-24-25(28-32(22)18-16-30(7-3)8-4)20-11-9-10-12-21(20)27-26(23)24/h9-14,19,27H,5-8,15-18H2,1-4H3. The number of fused-ring (bicyclic) bond motifs is 2. The fourth-order valence-corrected chi connectivity index (χ4v) is 4.71. The summed E-state index contributed by atoms with van der Waals surface area (Å²) in [6, 6.07) is 12.5. The van der Waals surface area contributed by atoms with E-state index in [0.717, 1.165) is 91.4 Å². The summed E-state index contributed by atoms with van der Waals surface area (Å²) in [6.45, 7) is 16.0. The highest BCUT2D eigenvalue weighted by molar-refractivity contribution is 6.14. The van der Waals surface area contributed by atoms with Gasteiger partial charge in [-0.2, -0.15) is 5.10 Å². The Kier molecular flexibility index (Phi) is 7.30. The van der Waals surface area contributed by atoms with E-state index in [9.17, 15) is 4.79 Å². The van der Waals surface area contributed by atoms with Gasteiger partial charge in [0.2, 0.25) is 6.41 Å². The van der Waals surface area contributed by atoms with E-state index in [-0.39, 0.29) is 0 Å². The maximum Gasteiger partial charge on any atom is 0.214 e. The quantitative estimate of drug-likeness (QED) is 0.326. The molecule has 1 amide bonds. The molecule has 0 saturated heterocycles. The normalized spacial score (nSPS) is 12.3. The Labute approximate surface area is 197 Å². The van der Waals surface area contributed by atoms with Crippen LogP contribution in [0.5, 0.6) is 0 Å². The predicted molar refractivity (Wildman–Crippen MR) is 137 cm³/mol. The average Bonchev–Trinajstić information content (AvgIpc) is 3.23. The van der Waals surface area contributed by atoms with Crippen molar-refractivity contribution in [2.24, 2.45) is 0 Å². The first-order chi connectivity index (χ1) is 16.1. The van der Waals surface area contributed by atoms with Gasteiger partial charge in [0.25, 0.3) is 0 Å². The van der Waals surface area contributed by atoms with Crippen molar-refractivity contribution in [3.63, 3.8) is 0 Å². The number of likely N-dealkylation sites (N-methyl/N-ethyl adjacent to an activating group) is 2. The topological polar surface area (TPSA) is 56.6 Å². The van der Waals surface area contributed by atoms with Crippen LogP contribution in [-0.2, 0) is 11.3 Å². The zero-order valence-electron chi connectivity index (χ0n) is 20.3. The zero-order chi connectivity index (χ0) is 23.4. The lowest BCUT2D eigenvalue weighted by molar-refractivity contribution is -0.107. The van der Waals surface area contributed by atoms with Crippen molar-refractivity contribution in [2.45, 2.75) is 34.2 Å². The van der Waals surface area contributed by atoms with Crippen LogP contribution in [0, 0.1) is 0 Å². The molecule has 0 radical (unpaired) electrons. The van der Waals surface area contributed by atoms with Crippen molar-refractivity contribution in [3.8, 4) is 11.3 Å². The molecular formula is C26H36N6O. The van der Waals surface area contributed by atoms with Gasteiger partial charge in [0.15, 0.2) is 0 Å². The predicted octanol–water partition coefficient (Wildman–Crippen LogP) is 4.41. The first-order valence-corrected chi connectivity index (χ1v) is 12.2. The second-order valence-corrected chi connectivity index (χ2v) is 8.45. The number of nitrogens with one attached hydrogen (secondary N) is 1. The van der Waals surface area contributed by atoms with Gasteiger partial charge >= 0.3 is 0 Å². The number of hydrogen-bond donors (Lipinski definition) is 1. The zero-order valence-corrected chi connectivity index (χ0v) is 20.3. The van der Waals surface area contributed by atoms with E-state index in [1.54, 1.807) is 0 Å². The summed E-state index contributed by atoms with van der Waals surface area (Å²) < 4.78 is 2.13. The highest BCUT2D eigenvalue weighted by atomic mass is 16.1. The second kappa shape index (κ2) is 10.4. The molecule has 1 aliphatic heterocycles. The lowest BCUT2D eigenvalue weighted by Gasteiger charge is -2.27. The van der Waals surface area contributed by atoms with Gasteiger partial charge in [-0.3, -0.25) is 9.48 Å². The minimum Gasteiger partial charge on any atom is -0.353 e. The van der Waals surface area contributed by atoms with Crippen LogP contribution in [0.2, 0.25) is 0 Å². The summed E-state index contributed by atoms with van der Waals surface area (Å²) in [5, 5.41) is 9.79. The maximum absolute atomic E-state index is 12.1. The summed E-state index contributed by atoms with van der Waals surface area (Å²) in [6.07, 6.45) is 0.952. The molecule has 0 aliphatic carbocycles. The fraction of sp³-hybridized carbons (Fsp3) is 0.462. The highest BCUT2D eigenvalue weighted by Gasteiger charge is 2.26. The lowest BCUT2D eigenvalue weighted by atomic mass is 9.99. The van der Waals surface area contributed by atoms with Gasteiger partial charge in [-0.05, 0) is 44.4 Å². The molecule has 2 heterocycles. The molecule has 176 valence electrons. The van der Waals surface area contributed by atoms with Crippen LogP contribution >= 0.6 is 0 Å². The van der Waals surface area contributed by atoms with Crippen molar-refractivity contribution >= 4 is 34.4 Å². The average molecular weight is 449 g/mol. The summed E-state index contributed by atoms with van der Waals surface area (Å²) in [7, 11) is 0. The number of carbonyl (C=O) groups excluding carboxylic acids is 1. The van der Waals surface area contributed by atoms with Gasteiger partial charge in [0.1, 0.15) is 5.69 Å². The number of carbonyl (C=O) groups is 1. The monoisotopic (exact) mass is 448 g/mol. The van der Waals surface area contributed by atoms with E-state index >= 15 is 0 Å². The third kappa shape index (κ3) is 4.48. The van der Waals surface area contributed by atoms with Gasteiger partial charge in [-0.25, -0.2) is 0 Å². The van der Waals surface area contributed by atoms with Crippen LogP contribution < -0.4 is 10.2 Å². The molecule has 0 saturated carbocycles. The van der Waals surface area contributed by atoms with Gasteiger partial charge in [-0.15, -0.1) is 0 Å². The van der Waals surface area contributed by atoms with Crippen LogP contribution in [0.25, 0.3) is 22.2 Å². The Bertz CT molecular complexity index is 1100. The molecule has 2 aromatic carbocycles. The van der Waals surface area contributed by atoms with Crippen molar-refractivity contribution in [3.05, 3.63) is 36.4 Å². The number of anilines is 3. The van der Waals surface area contributed by atoms with E-state index in [1.807, 2.05) is 11.0 Å². The first-order valence-electron chi connectivity index (χ1n) is 12.2. The first kappa shape index (κ1) is 23.3. The van der Waals surface area contributed by atoms with Crippen LogP contribution in [0.3, 0.4) is 0 Å². The smallest absolute Gasteiger partial charge is 0.214 e. The van der Waals surface area contributed by atoms with E-state index in [2.05, 4.69) is 77.8 Å². The largest absolute Gasteiger partial charge is 0.353 e. The molecule has 0 spiro atoms. The van der Waals surface area contributed by atoms with Crippen LogP contribution in [0.15, 0.2) is 36.4 Å². The van der Waals surface area contributed by atoms with Crippen molar-refractivity contribution in [2.75, 3.05) is 56.0 Å². The van der Waals surface area contributed by atoms with Gasteiger partial charge < -0.3 is 20.0 Å². The minimum atomic E-state index is 0.651. The Hall–Kier alpha value is -2.90. The fourth-order valence-electron chi connectivity index (χ4n) is 4.71. The summed E-state index contributed by atoms with van der Waals surface area (Å²) in [4.78, 5) is 18.7. The van der Waals surface area contributed by atoms with Gasteiger partial charge in [0.05, 0.1) is 28.8 Å². The molecule has 33 heavy (non-hydrogen) atoms. The highest BCUT2D eigenvalue weighted by Crippen LogP contribution is 2.47. The maximum atomic E-state index is 12.1. The molecule has 0 atom stereocenters.